The van der Waals surface area contributed by atoms with Gasteiger partial charge in [0.2, 0.25) is 5.91 Å². The first-order chi connectivity index (χ1) is 9.19. The predicted octanol–water partition coefficient (Wildman–Crippen LogP) is 3.03. The van der Waals surface area contributed by atoms with Crippen LogP contribution in [0, 0.1) is 11.6 Å². The van der Waals surface area contributed by atoms with Gasteiger partial charge >= 0.3 is 5.97 Å². The third-order valence-corrected chi connectivity index (χ3v) is 2.20. The zero-order valence-electron chi connectivity index (χ0n) is 11.6. The van der Waals surface area contributed by atoms with E-state index >= 15 is 0 Å². The number of amides is 1. The minimum Gasteiger partial charge on any atom is -0.460 e. The Morgan fingerprint density at radius 2 is 1.85 bits per heavy atom. The van der Waals surface area contributed by atoms with Gasteiger partial charge in [0.05, 0.1) is 12.1 Å². The zero-order valence-corrected chi connectivity index (χ0v) is 11.6. The second kappa shape index (κ2) is 6.45. The lowest BCUT2D eigenvalue weighted by molar-refractivity contribution is -0.155. The second-order valence-corrected chi connectivity index (χ2v) is 5.24. The molecule has 0 saturated carbocycles. The number of benzene rings is 1. The maximum absolute atomic E-state index is 13.3. The van der Waals surface area contributed by atoms with Gasteiger partial charge in [-0.05, 0) is 32.9 Å². The molecule has 1 aromatic rings. The molecule has 1 rings (SSSR count). The monoisotopic (exact) mass is 285 g/mol. The van der Waals surface area contributed by atoms with Gasteiger partial charge < -0.3 is 10.1 Å². The van der Waals surface area contributed by atoms with E-state index in [2.05, 4.69) is 5.32 Å². The van der Waals surface area contributed by atoms with E-state index in [0.717, 1.165) is 6.07 Å². The maximum Gasteiger partial charge on any atom is 0.306 e. The fraction of sp³-hybridized carbons (Fsp3) is 0.429. The summed E-state index contributed by atoms with van der Waals surface area (Å²) in [5.41, 5.74) is -0.874. The van der Waals surface area contributed by atoms with Crippen LogP contribution in [0.4, 0.5) is 14.5 Å². The van der Waals surface area contributed by atoms with Crippen molar-refractivity contribution in [2.45, 2.75) is 39.2 Å². The van der Waals surface area contributed by atoms with Crippen molar-refractivity contribution in [3.05, 3.63) is 29.8 Å². The molecule has 0 heterocycles. The Bertz CT molecular complexity index is 510. The van der Waals surface area contributed by atoms with Crippen LogP contribution in [-0.4, -0.2) is 17.5 Å². The van der Waals surface area contributed by atoms with Crippen molar-refractivity contribution in [1.82, 2.24) is 0 Å². The zero-order chi connectivity index (χ0) is 15.3. The van der Waals surface area contributed by atoms with Gasteiger partial charge in [0.1, 0.15) is 5.60 Å². The van der Waals surface area contributed by atoms with Crippen molar-refractivity contribution in [3.63, 3.8) is 0 Å². The standard InChI is InChI=1S/C14H17F2NO3/c1-14(2,3)20-12(19)8-7-11(18)17-10-6-4-5-9(15)13(10)16/h4-6H,7-8H2,1-3H3,(H,17,18). The van der Waals surface area contributed by atoms with Crippen molar-refractivity contribution >= 4 is 17.6 Å². The van der Waals surface area contributed by atoms with E-state index in [-0.39, 0.29) is 18.5 Å². The van der Waals surface area contributed by atoms with Gasteiger partial charge in [-0.3, -0.25) is 9.59 Å². The summed E-state index contributed by atoms with van der Waals surface area (Å²) in [6, 6.07) is 3.47. The SMILES string of the molecule is CC(C)(C)OC(=O)CCC(=O)Nc1cccc(F)c1F. The number of ether oxygens (including phenoxy) is 1. The van der Waals surface area contributed by atoms with Crippen LogP contribution in [0.25, 0.3) is 0 Å². The topological polar surface area (TPSA) is 55.4 Å². The molecule has 0 spiro atoms. The third kappa shape index (κ3) is 5.34. The molecular formula is C14H17F2NO3. The van der Waals surface area contributed by atoms with Gasteiger partial charge in [0.25, 0.3) is 0 Å². The fourth-order valence-electron chi connectivity index (χ4n) is 1.42. The number of hydrogen-bond acceptors (Lipinski definition) is 3. The first kappa shape index (κ1) is 16.1. The predicted molar refractivity (Wildman–Crippen MR) is 70.1 cm³/mol. The summed E-state index contributed by atoms with van der Waals surface area (Å²) in [5, 5.41) is 2.21. The molecule has 0 aliphatic carbocycles. The van der Waals surface area contributed by atoms with Gasteiger partial charge in [-0.15, -0.1) is 0 Å². The van der Waals surface area contributed by atoms with E-state index in [1.54, 1.807) is 20.8 Å². The number of halogens is 2. The summed E-state index contributed by atoms with van der Waals surface area (Å²) in [7, 11) is 0. The highest BCUT2D eigenvalue weighted by Crippen LogP contribution is 2.17. The molecule has 0 saturated heterocycles. The highest BCUT2D eigenvalue weighted by molar-refractivity contribution is 5.92. The Morgan fingerprint density at radius 3 is 2.45 bits per heavy atom. The molecule has 0 aliphatic rings. The van der Waals surface area contributed by atoms with Crippen molar-refractivity contribution in [3.8, 4) is 0 Å². The number of hydrogen-bond donors (Lipinski definition) is 1. The molecule has 4 nitrogen and oxygen atoms in total. The van der Waals surface area contributed by atoms with Crippen LogP contribution in [0.2, 0.25) is 0 Å². The van der Waals surface area contributed by atoms with Crippen LogP contribution in [0.1, 0.15) is 33.6 Å². The molecule has 0 atom stereocenters. The van der Waals surface area contributed by atoms with Crippen molar-refractivity contribution in [2.75, 3.05) is 5.32 Å². The van der Waals surface area contributed by atoms with Crippen LogP contribution < -0.4 is 5.32 Å². The highest BCUT2D eigenvalue weighted by Gasteiger charge is 2.17. The molecule has 6 heteroatoms. The van der Waals surface area contributed by atoms with Crippen molar-refractivity contribution in [2.24, 2.45) is 0 Å². The molecule has 20 heavy (non-hydrogen) atoms. The lowest BCUT2D eigenvalue weighted by atomic mass is 10.2. The van der Waals surface area contributed by atoms with Crippen molar-refractivity contribution in [1.29, 1.82) is 0 Å². The Kier molecular flexibility index (Phi) is 5.19. The van der Waals surface area contributed by atoms with E-state index in [0.29, 0.717) is 0 Å². The Morgan fingerprint density at radius 1 is 1.20 bits per heavy atom. The minimum absolute atomic E-state index is 0.125. The molecule has 0 fully saturated rings. The number of nitrogens with one attached hydrogen (secondary N) is 1. The van der Waals surface area contributed by atoms with Crippen LogP contribution in [0.3, 0.4) is 0 Å². The molecule has 0 aliphatic heterocycles. The summed E-state index contributed by atoms with van der Waals surface area (Å²) in [4.78, 5) is 22.9. The van der Waals surface area contributed by atoms with E-state index in [1.165, 1.54) is 12.1 Å². The fourth-order valence-corrected chi connectivity index (χ4v) is 1.42. The molecular weight excluding hydrogens is 268 g/mol. The number of carbonyl (C=O) groups excluding carboxylic acids is 2. The lowest BCUT2D eigenvalue weighted by Crippen LogP contribution is -2.24. The summed E-state index contributed by atoms with van der Waals surface area (Å²) in [6.45, 7) is 5.15. The number of esters is 1. The second-order valence-electron chi connectivity index (χ2n) is 5.24. The first-order valence-corrected chi connectivity index (χ1v) is 6.15. The van der Waals surface area contributed by atoms with E-state index < -0.39 is 29.1 Å². The van der Waals surface area contributed by atoms with Gasteiger partial charge in [-0.1, -0.05) is 6.07 Å². The third-order valence-electron chi connectivity index (χ3n) is 2.20. The molecule has 1 amide bonds. The van der Waals surface area contributed by atoms with Crippen LogP contribution >= 0.6 is 0 Å². The van der Waals surface area contributed by atoms with Gasteiger partial charge in [-0.25, -0.2) is 8.78 Å². The van der Waals surface area contributed by atoms with E-state index in [1.807, 2.05) is 0 Å². The summed E-state index contributed by atoms with van der Waals surface area (Å²) in [5.74, 6) is -3.28. The van der Waals surface area contributed by atoms with Crippen LogP contribution in [0.15, 0.2) is 18.2 Å². The van der Waals surface area contributed by atoms with E-state index in [9.17, 15) is 18.4 Å². The molecule has 0 bridgehead atoms. The van der Waals surface area contributed by atoms with Gasteiger partial charge in [0.15, 0.2) is 11.6 Å². The van der Waals surface area contributed by atoms with E-state index in [4.69, 9.17) is 4.74 Å². The van der Waals surface area contributed by atoms with Gasteiger partial charge in [-0.2, -0.15) is 0 Å². The number of anilines is 1. The largest absolute Gasteiger partial charge is 0.460 e. The Hall–Kier alpha value is -1.98. The summed E-state index contributed by atoms with van der Waals surface area (Å²) < 4.78 is 31.3. The Balaban J connectivity index is 2.49. The maximum atomic E-state index is 13.3. The Labute approximate surface area is 116 Å². The molecule has 0 aromatic heterocycles. The van der Waals surface area contributed by atoms with Crippen molar-refractivity contribution < 1.29 is 23.1 Å². The smallest absolute Gasteiger partial charge is 0.306 e. The molecule has 1 aromatic carbocycles. The summed E-state index contributed by atoms with van der Waals surface area (Å²) >= 11 is 0. The van der Waals surface area contributed by atoms with Crippen LogP contribution in [0.5, 0.6) is 0 Å². The average molecular weight is 285 g/mol. The normalized spacial score (nSPS) is 11.1. The quantitative estimate of drug-likeness (QED) is 0.865. The van der Waals surface area contributed by atoms with Crippen LogP contribution in [-0.2, 0) is 14.3 Å². The molecule has 0 unspecified atom stereocenters. The first-order valence-electron chi connectivity index (χ1n) is 6.15. The minimum atomic E-state index is -1.13. The summed E-state index contributed by atoms with van der Waals surface area (Å²) in [6.07, 6.45) is -0.287. The number of carbonyl (C=O) groups is 2. The molecule has 1 N–H and O–H groups in total. The lowest BCUT2D eigenvalue weighted by Gasteiger charge is -2.19. The van der Waals surface area contributed by atoms with Gasteiger partial charge in [0, 0.05) is 6.42 Å². The number of rotatable bonds is 4. The highest BCUT2D eigenvalue weighted by atomic mass is 19.2. The molecule has 110 valence electrons. The average Bonchev–Trinajstić information content (AvgIpc) is 2.30. The molecule has 0 radical (unpaired) electrons.